The summed E-state index contributed by atoms with van der Waals surface area (Å²) in [5.41, 5.74) is 1.27. The quantitative estimate of drug-likeness (QED) is 0.190. The van der Waals surface area contributed by atoms with Gasteiger partial charge >= 0.3 is 11.9 Å². The van der Waals surface area contributed by atoms with Crippen LogP contribution in [0.4, 0.5) is 0 Å². The maximum Gasteiger partial charge on any atom is 0.330 e. The molecular weight excluding hydrogens is 540 g/mol. The van der Waals surface area contributed by atoms with Crippen LogP contribution in [0, 0.1) is 0 Å². The molecule has 1 spiro atoms. The highest BCUT2D eigenvalue weighted by Gasteiger charge is 2.54. The summed E-state index contributed by atoms with van der Waals surface area (Å²) in [7, 11) is 0. The van der Waals surface area contributed by atoms with Crippen LogP contribution < -0.4 is 9.47 Å². The fraction of sp³-hybridized carbons (Fsp3) is 0.636. The lowest BCUT2D eigenvalue weighted by Gasteiger charge is -2.41. The zero-order valence-corrected chi connectivity index (χ0v) is 25.4. The first-order valence-corrected chi connectivity index (χ1v) is 15.4. The Morgan fingerprint density at radius 2 is 1.81 bits per heavy atom. The first-order chi connectivity index (χ1) is 20.4. The summed E-state index contributed by atoms with van der Waals surface area (Å²) in [6.45, 7) is 11.7. The SMILES string of the molecule is C=C.CC.CC(=O)OC1CC(CC(O)CCCCCCCc2ccc3c(c2)OCO3)OC2(C1)CC1OC(=O)C=CC1O2. The van der Waals surface area contributed by atoms with Gasteiger partial charge in [-0.05, 0) is 49.5 Å². The Morgan fingerprint density at radius 1 is 1.07 bits per heavy atom. The molecular formula is C33H48O9. The molecule has 0 amide bonds. The molecule has 0 bridgehead atoms. The number of hydrogen-bond acceptors (Lipinski definition) is 9. The Bertz CT molecular complexity index is 1040. The third-order valence-electron chi connectivity index (χ3n) is 7.67. The normalized spacial score (nSPS) is 27.6. The Labute approximate surface area is 250 Å². The molecule has 0 saturated carbocycles. The molecule has 6 atom stereocenters. The van der Waals surface area contributed by atoms with Gasteiger partial charge in [0.25, 0.3) is 0 Å². The van der Waals surface area contributed by atoms with E-state index in [2.05, 4.69) is 25.3 Å². The van der Waals surface area contributed by atoms with Crippen LogP contribution in [0.25, 0.3) is 0 Å². The van der Waals surface area contributed by atoms with Gasteiger partial charge in [-0.25, -0.2) is 4.79 Å². The summed E-state index contributed by atoms with van der Waals surface area (Å²) in [5.74, 6) is -0.0859. The predicted molar refractivity (Wildman–Crippen MR) is 158 cm³/mol. The largest absolute Gasteiger partial charge is 0.462 e. The van der Waals surface area contributed by atoms with Crippen molar-refractivity contribution in [1.82, 2.24) is 0 Å². The Hall–Kier alpha value is -2.88. The van der Waals surface area contributed by atoms with Gasteiger partial charge in [-0.2, -0.15) is 0 Å². The van der Waals surface area contributed by atoms with Crippen LogP contribution in [-0.2, 0) is 35.0 Å². The van der Waals surface area contributed by atoms with E-state index in [1.807, 2.05) is 19.9 Å². The van der Waals surface area contributed by atoms with Gasteiger partial charge in [0.1, 0.15) is 18.3 Å². The molecule has 4 aliphatic heterocycles. The number of hydrogen-bond donors (Lipinski definition) is 1. The molecule has 234 valence electrons. The first-order valence-electron chi connectivity index (χ1n) is 15.4. The van der Waals surface area contributed by atoms with E-state index in [0.717, 1.165) is 50.0 Å². The van der Waals surface area contributed by atoms with Crippen LogP contribution in [0.15, 0.2) is 43.5 Å². The second kappa shape index (κ2) is 16.7. The van der Waals surface area contributed by atoms with Crippen molar-refractivity contribution in [2.24, 2.45) is 0 Å². The number of fused-ring (bicyclic) bond motifs is 2. The monoisotopic (exact) mass is 588 g/mol. The van der Waals surface area contributed by atoms with Gasteiger partial charge in [0.15, 0.2) is 17.3 Å². The van der Waals surface area contributed by atoms with Crippen molar-refractivity contribution in [3.8, 4) is 11.5 Å². The number of ether oxygens (including phenoxy) is 6. The lowest BCUT2D eigenvalue weighted by Crippen LogP contribution is -2.48. The first kappa shape index (κ1) is 33.6. The molecule has 6 unspecified atom stereocenters. The van der Waals surface area contributed by atoms with Crippen molar-refractivity contribution in [3.63, 3.8) is 0 Å². The third-order valence-corrected chi connectivity index (χ3v) is 7.67. The summed E-state index contributed by atoms with van der Waals surface area (Å²) >= 11 is 0. The number of carbonyl (C=O) groups excluding carboxylic acids is 2. The van der Waals surface area contributed by atoms with Crippen LogP contribution >= 0.6 is 0 Å². The van der Waals surface area contributed by atoms with E-state index in [0.29, 0.717) is 38.9 Å². The number of benzene rings is 1. The maximum atomic E-state index is 11.7. The van der Waals surface area contributed by atoms with E-state index >= 15 is 0 Å². The predicted octanol–water partition coefficient (Wildman–Crippen LogP) is 5.96. The van der Waals surface area contributed by atoms with Gasteiger partial charge in [-0.1, -0.05) is 45.6 Å². The van der Waals surface area contributed by atoms with Crippen LogP contribution in [0.2, 0.25) is 0 Å². The number of carbonyl (C=O) groups is 2. The summed E-state index contributed by atoms with van der Waals surface area (Å²) in [6.07, 6.45) is 9.87. The van der Waals surface area contributed by atoms with Crippen LogP contribution in [0.1, 0.15) is 90.5 Å². The number of esters is 2. The maximum absolute atomic E-state index is 11.7. The molecule has 42 heavy (non-hydrogen) atoms. The van der Waals surface area contributed by atoms with Crippen molar-refractivity contribution in [2.45, 2.75) is 128 Å². The molecule has 1 aromatic rings. The summed E-state index contributed by atoms with van der Waals surface area (Å²) < 4.78 is 34.3. The molecule has 9 nitrogen and oxygen atoms in total. The average molecular weight is 589 g/mol. The lowest BCUT2D eigenvalue weighted by atomic mass is 9.91. The van der Waals surface area contributed by atoms with Gasteiger partial charge in [-0.3, -0.25) is 4.79 Å². The number of aliphatic hydroxyl groups excluding tert-OH is 1. The van der Waals surface area contributed by atoms with Crippen LogP contribution in [0.3, 0.4) is 0 Å². The van der Waals surface area contributed by atoms with E-state index in [9.17, 15) is 14.7 Å². The number of rotatable bonds is 11. The Morgan fingerprint density at radius 3 is 2.60 bits per heavy atom. The molecule has 9 heteroatoms. The molecule has 4 heterocycles. The van der Waals surface area contributed by atoms with E-state index in [1.165, 1.54) is 18.6 Å². The highest BCUT2D eigenvalue weighted by atomic mass is 16.7. The average Bonchev–Trinajstić information content (AvgIpc) is 3.57. The fourth-order valence-corrected chi connectivity index (χ4v) is 5.99. The zero-order valence-electron chi connectivity index (χ0n) is 25.4. The molecule has 1 aromatic carbocycles. The van der Waals surface area contributed by atoms with E-state index < -0.39 is 18.0 Å². The van der Waals surface area contributed by atoms with Gasteiger partial charge in [0, 0.05) is 32.3 Å². The standard InChI is InChI=1S/C29H38O9.C2H6.C2H4/c1-19(30)35-23-15-22(37-29(16-23)17-27-25(38-29)11-12-28(32)36-27)14-21(31)8-6-4-2-3-5-7-20-9-10-24-26(13-20)34-18-33-24;2*1-2/h9-13,21-23,25,27,31H,2-8,14-18H2,1H3;1-2H3;1-2H2. The summed E-state index contributed by atoms with van der Waals surface area (Å²) in [4.78, 5) is 23.3. The second-order valence-corrected chi connectivity index (χ2v) is 10.8. The van der Waals surface area contributed by atoms with Crippen LogP contribution in [-0.4, -0.2) is 60.1 Å². The van der Waals surface area contributed by atoms with E-state index in [1.54, 1.807) is 6.08 Å². The minimum atomic E-state index is -0.995. The Kier molecular flexibility index (Phi) is 13.4. The molecule has 2 fully saturated rings. The molecule has 0 radical (unpaired) electrons. The van der Waals surface area contributed by atoms with Crippen molar-refractivity contribution < 1.29 is 43.1 Å². The minimum absolute atomic E-state index is 0.300. The second-order valence-electron chi connectivity index (χ2n) is 10.8. The fourth-order valence-electron chi connectivity index (χ4n) is 5.99. The number of aliphatic hydroxyl groups is 1. The summed E-state index contributed by atoms with van der Waals surface area (Å²) in [5, 5.41) is 10.7. The summed E-state index contributed by atoms with van der Waals surface area (Å²) in [6, 6.07) is 6.14. The molecule has 0 aromatic heterocycles. The Balaban J connectivity index is 0.00000116. The topological polar surface area (TPSA) is 110 Å². The van der Waals surface area contributed by atoms with Gasteiger partial charge in [-0.15, -0.1) is 13.2 Å². The molecule has 4 aliphatic rings. The highest BCUT2D eigenvalue weighted by Crippen LogP contribution is 2.44. The number of aryl methyl sites for hydroxylation is 1. The van der Waals surface area contributed by atoms with E-state index in [-0.39, 0.29) is 30.3 Å². The molecule has 0 aliphatic carbocycles. The van der Waals surface area contributed by atoms with Crippen molar-refractivity contribution >= 4 is 11.9 Å². The zero-order chi connectivity index (χ0) is 30.5. The van der Waals surface area contributed by atoms with E-state index in [4.69, 9.17) is 28.4 Å². The third kappa shape index (κ3) is 9.57. The van der Waals surface area contributed by atoms with Crippen LogP contribution in [0.5, 0.6) is 11.5 Å². The molecule has 2 saturated heterocycles. The van der Waals surface area contributed by atoms with Crippen molar-refractivity contribution in [1.29, 1.82) is 0 Å². The van der Waals surface area contributed by atoms with Crippen molar-refractivity contribution in [2.75, 3.05) is 6.79 Å². The van der Waals surface area contributed by atoms with Gasteiger partial charge in [0.2, 0.25) is 6.79 Å². The minimum Gasteiger partial charge on any atom is -0.462 e. The lowest BCUT2D eigenvalue weighted by molar-refractivity contribution is -0.286. The van der Waals surface area contributed by atoms with Gasteiger partial charge < -0.3 is 33.5 Å². The molecule has 5 rings (SSSR count). The smallest absolute Gasteiger partial charge is 0.330 e. The van der Waals surface area contributed by atoms with Crippen molar-refractivity contribution in [3.05, 3.63) is 49.1 Å². The molecule has 1 N–H and O–H groups in total. The van der Waals surface area contributed by atoms with Gasteiger partial charge in [0.05, 0.1) is 12.2 Å². The highest BCUT2D eigenvalue weighted by molar-refractivity contribution is 5.83. The number of unbranched alkanes of at least 4 members (excludes halogenated alkanes) is 4.